The second kappa shape index (κ2) is 5.11. The average Bonchev–Trinajstić information content (AvgIpc) is 2.94. The summed E-state index contributed by atoms with van der Waals surface area (Å²) in [6, 6.07) is 13.2. The summed E-state index contributed by atoms with van der Waals surface area (Å²) >= 11 is 1.15. The smallest absolute Gasteiger partial charge is 0.157 e. The number of hydrogen-bond donors (Lipinski definition) is 0. The summed E-state index contributed by atoms with van der Waals surface area (Å²) in [5, 5.41) is 8.45. The third-order valence-corrected chi connectivity index (χ3v) is 3.15. The molecule has 19 heavy (non-hydrogen) atoms. The molecule has 0 aliphatic rings. The van der Waals surface area contributed by atoms with Crippen LogP contribution in [-0.4, -0.2) is 15.9 Å². The Kier molecular flexibility index (Phi) is 3.16. The van der Waals surface area contributed by atoms with Crippen molar-refractivity contribution in [2.24, 2.45) is 10.2 Å². The first-order valence-electron chi connectivity index (χ1n) is 5.64. The minimum atomic E-state index is 0.609. The number of nitrogens with zero attached hydrogens (tertiary/aromatic N) is 4. The molecule has 5 nitrogen and oxygen atoms in total. The first-order chi connectivity index (χ1) is 9.38. The molecule has 2 aromatic carbocycles. The van der Waals surface area contributed by atoms with Crippen molar-refractivity contribution in [3.63, 3.8) is 0 Å². The van der Waals surface area contributed by atoms with Crippen molar-refractivity contribution in [1.82, 2.24) is 8.75 Å². The highest BCUT2D eigenvalue weighted by molar-refractivity contribution is 7.00. The Balaban J connectivity index is 2.08. The molecular weight excluding hydrogens is 260 g/mol. The van der Waals surface area contributed by atoms with E-state index < -0.39 is 0 Å². The van der Waals surface area contributed by atoms with Crippen molar-refractivity contribution in [2.45, 2.75) is 0 Å². The molecule has 0 saturated carbocycles. The van der Waals surface area contributed by atoms with Gasteiger partial charge in [-0.15, -0.1) is 5.11 Å². The third-order valence-electron chi connectivity index (χ3n) is 2.61. The molecule has 3 rings (SSSR count). The van der Waals surface area contributed by atoms with Crippen LogP contribution in [0.15, 0.2) is 52.7 Å². The van der Waals surface area contributed by atoms with Crippen molar-refractivity contribution in [3.05, 3.63) is 42.5 Å². The lowest BCUT2D eigenvalue weighted by Crippen LogP contribution is -1.84. The maximum Gasteiger partial charge on any atom is 0.157 e. The number of rotatable bonds is 3. The summed E-state index contributed by atoms with van der Waals surface area (Å²) < 4.78 is 13.7. The fourth-order valence-electron chi connectivity index (χ4n) is 1.68. The van der Waals surface area contributed by atoms with Gasteiger partial charge in [0.25, 0.3) is 0 Å². The van der Waals surface area contributed by atoms with E-state index in [-0.39, 0.29) is 0 Å². The van der Waals surface area contributed by atoms with Crippen molar-refractivity contribution in [2.75, 3.05) is 7.11 Å². The van der Waals surface area contributed by atoms with Gasteiger partial charge < -0.3 is 4.74 Å². The van der Waals surface area contributed by atoms with Crippen LogP contribution in [0, 0.1) is 0 Å². The fraction of sp³-hybridized carbons (Fsp3) is 0.0769. The normalized spacial score (nSPS) is 11.2. The van der Waals surface area contributed by atoms with Crippen LogP contribution in [0.4, 0.5) is 11.4 Å². The number of methoxy groups -OCH3 is 1. The highest BCUT2D eigenvalue weighted by atomic mass is 32.1. The molecule has 3 aromatic rings. The largest absolute Gasteiger partial charge is 0.494 e. The molecule has 0 N–H and O–H groups in total. The Hall–Kier alpha value is -2.34. The molecule has 1 heterocycles. The predicted octanol–water partition coefficient (Wildman–Crippen LogP) is 4.12. The molecule has 0 aliphatic heterocycles. The lowest BCUT2D eigenvalue weighted by Gasteiger charge is -2.02. The van der Waals surface area contributed by atoms with Gasteiger partial charge >= 0.3 is 0 Å². The molecule has 0 amide bonds. The van der Waals surface area contributed by atoms with E-state index in [0.717, 1.165) is 22.9 Å². The van der Waals surface area contributed by atoms with Gasteiger partial charge in [-0.2, -0.15) is 13.9 Å². The summed E-state index contributed by atoms with van der Waals surface area (Å²) in [4.78, 5) is 0. The highest BCUT2D eigenvalue weighted by Crippen LogP contribution is 2.35. The van der Waals surface area contributed by atoms with E-state index in [1.54, 1.807) is 7.11 Å². The molecule has 0 aliphatic carbocycles. The maximum absolute atomic E-state index is 5.29. The second-order valence-corrected chi connectivity index (χ2v) is 4.31. The summed E-state index contributed by atoms with van der Waals surface area (Å²) in [6.07, 6.45) is 0. The van der Waals surface area contributed by atoms with Gasteiger partial charge in [0.2, 0.25) is 0 Å². The SMILES string of the molecule is COc1ccc2nsnc2c1N=Nc1ccccc1. The first kappa shape index (κ1) is 11.7. The van der Waals surface area contributed by atoms with Crippen LogP contribution >= 0.6 is 11.7 Å². The Morgan fingerprint density at radius 3 is 2.63 bits per heavy atom. The number of fused-ring (bicyclic) bond motifs is 1. The van der Waals surface area contributed by atoms with E-state index in [4.69, 9.17) is 4.74 Å². The van der Waals surface area contributed by atoms with Crippen LogP contribution in [0.2, 0.25) is 0 Å². The second-order valence-electron chi connectivity index (χ2n) is 3.78. The maximum atomic E-state index is 5.29. The average molecular weight is 270 g/mol. The first-order valence-corrected chi connectivity index (χ1v) is 6.37. The van der Waals surface area contributed by atoms with E-state index in [2.05, 4.69) is 19.0 Å². The van der Waals surface area contributed by atoms with Gasteiger partial charge in [-0.3, -0.25) is 0 Å². The van der Waals surface area contributed by atoms with Crippen LogP contribution < -0.4 is 4.74 Å². The number of hydrogen-bond acceptors (Lipinski definition) is 6. The highest BCUT2D eigenvalue weighted by Gasteiger charge is 2.11. The van der Waals surface area contributed by atoms with E-state index in [9.17, 15) is 0 Å². The molecule has 0 unspecified atom stereocenters. The third kappa shape index (κ3) is 2.30. The minimum Gasteiger partial charge on any atom is -0.494 e. The van der Waals surface area contributed by atoms with Crippen LogP contribution in [-0.2, 0) is 0 Å². The van der Waals surface area contributed by atoms with E-state index in [1.807, 2.05) is 42.5 Å². The quantitative estimate of drug-likeness (QED) is 0.673. The van der Waals surface area contributed by atoms with Crippen molar-refractivity contribution in [1.29, 1.82) is 0 Å². The molecule has 0 atom stereocenters. The van der Waals surface area contributed by atoms with Crippen LogP contribution in [0.1, 0.15) is 0 Å². The molecule has 0 bridgehead atoms. The van der Waals surface area contributed by atoms with E-state index >= 15 is 0 Å². The standard InChI is InChI=1S/C13H10N4OS/c1-18-11-8-7-10-12(17-19-16-10)13(11)15-14-9-5-3-2-4-6-9/h2-8H,1H3. The molecule has 94 valence electrons. The molecule has 6 heteroatoms. The Morgan fingerprint density at radius 1 is 1.00 bits per heavy atom. The number of azo groups is 1. The number of benzene rings is 2. The molecule has 1 aromatic heterocycles. The zero-order chi connectivity index (χ0) is 13.1. The van der Waals surface area contributed by atoms with Gasteiger partial charge in [-0.25, -0.2) is 0 Å². The Bertz CT molecular complexity index is 724. The van der Waals surface area contributed by atoms with E-state index in [1.165, 1.54) is 0 Å². The Morgan fingerprint density at radius 2 is 1.84 bits per heavy atom. The topological polar surface area (TPSA) is 59.7 Å². The lowest BCUT2D eigenvalue weighted by molar-refractivity contribution is 0.416. The van der Waals surface area contributed by atoms with Gasteiger partial charge in [0.05, 0.1) is 24.5 Å². The van der Waals surface area contributed by atoms with Crippen LogP contribution in [0.25, 0.3) is 11.0 Å². The lowest BCUT2D eigenvalue weighted by atomic mass is 10.2. The predicted molar refractivity (Wildman–Crippen MR) is 74.6 cm³/mol. The summed E-state index contributed by atoms with van der Waals surface area (Å²) in [7, 11) is 1.60. The number of aromatic nitrogens is 2. The zero-order valence-electron chi connectivity index (χ0n) is 10.1. The van der Waals surface area contributed by atoms with E-state index in [0.29, 0.717) is 17.0 Å². The van der Waals surface area contributed by atoms with Gasteiger partial charge in [0.1, 0.15) is 16.8 Å². The molecule has 0 spiro atoms. The minimum absolute atomic E-state index is 0.609. The Labute approximate surface area is 113 Å². The van der Waals surface area contributed by atoms with Crippen LogP contribution in [0.3, 0.4) is 0 Å². The molecule has 0 radical (unpaired) electrons. The molecule has 0 fully saturated rings. The van der Waals surface area contributed by atoms with Crippen molar-refractivity contribution < 1.29 is 4.74 Å². The van der Waals surface area contributed by atoms with Gasteiger partial charge in [0.15, 0.2) is 5.69 Å². The number of ether oxygens (including phenoxy) is 1. The van der Waals surface area contributed by atoms with Gasteiger partial charge in [-0.1, -0.05) is 18.2 Å². The zero-order valence-corrected chi connectivity index (χ0v) is 11.0. The monoisotopic (exact) mass is 270 g/mol. The van der Waals surface area contributed by atoms with Crippen molar-refractivity contribution in [3.8, 4) is 5.75 Å². The summed E-state index contributed by atoms with van der Waals surface area (Å²) in [6.45, 7) is 0. The van der Waals surface area contributed by atoms with Gasteiger partial charge in [-0.05, 0) is 24.3 Å². The van der Waals surface area contributed by atoms with Crippen molar-refractivity contribution >= 4 is 34.1 Å². The van der Waals surface area contributed by atoms with Crippen LogP contribution in [0.5, 0.6) is 5.75 Å². The summed E-state index contributed by atoms with van der Waals surface area (Å²) in [5.74, 6) is 0.639. The van der Waals surface area contributed by atoms with Gasteiger partial charge in [0, 0.05) is 0 Å². The molecular formula is C13H10N4OS. The fourth-order valence-corrected chi connectivity index (χ4v) is 2.22. The summed E-state index contributed by atoms with van der Waals surface area (Å²) in [5.41, 5.74) is 2.90. The molecule has 0 saturated heterocycles.